The van der Waals surface area contributed by atoms with Crippen molar-refractivity contribution in [3.8, 4) is 11.5 Å². The van der Waals surface area contributed by atoms with Gasteiger partial charge in [0.1, 0.15) is 11.5 Å². The summed E-state index contributed by atoms with van der Waals surface area (Å²) in [5.41, 5.74) is 1.53. The highest BCUT2D eigenvalue weighted by Crippen LogP contribution is 2.29. The average molecular weight is 323 g/mol. The van der Waals surface area contributed by atoms with Crippen LogP contribution in [0.1, 0.15) is 0 Å². The third-order valence-corrected chi connectivity index (χ3v) is 3.18. The van der Waals surface area contributed by atoms with E-state index in [0.29, 0.717) is 21.6 Å². The largest absolute Gasteiger partial charge is 0.497 e. The fraction of sp³-hybridized carbons (Fsp3) is 0.133. The molecule has 0 aromatic heterocycles. The molecule has 0 aliphatic rings. The van der Waals surface area contributed by atoms with Gasteiger partial charge in [-0.05, 0) is 42.5 Å². The molecule has 2 rings (SSSR count). The molecule has 0 saturated carbocycles. The number of halogens is 1. The van der Waals surface area contributed by atoms with Crippen molar-refractivity contribution >= 4 is 40.3 Å². The van der Waals surface area contributed by atoms with Gasteiger partial charge in [-0.1, -0.05) is 17.7 Å². The number of hydrogen-bond donors (Lipinski definition) is 2. The third-order valence-electron chi connectivity index (χ3n) is 2.74. The van der Waals surface area contributed by atoms with Crippen molar-refractivity contribution in [2.45, 2.75) is 0 Å². The number of benzene rings is 2. The Morgan fingerprint density at radius 2 is 1.86 bits per heavy atom. The van der Waals surface area contributed by atoms with Gasteiger partial charge in [-0.25, -0.2) is 0 Å². The number of rotatable bonds is 4. The third kappa shape index (κ3) is 4.24. The van der Waals surface area contributed by atoms with E-state index < -0.39 is 0 Å². The Bertz CT molecular complexity index is 649. The maximum atomic E-state index is 5.94. The van der Waals surface area contributed by atoms with Crippen LogP contribution in [0.25, 0.3) is 0 Å². The zero-order chi connectivity index (χ0) is 15.2. The molecule has 0 radical (unpaired) electrons. The molecule has 0 bridgehead atoms. The summed E-state index contributed by atoms with van der Waals surface area (Å²) in [4.78, 5) is 0. The van der Waals surface area contributed by atoms with Crippen LogP contribution >= 0.6 is 23.8 Å². The molecule has 110 valence electrons. The maximum absolute atomic E-state index is 5.94. The van der Waals surface area contributed by atoms with Gasteiger partial charge in [-0.2, -0.15) is 0 Å². The molecule has 0 unspecified atom stereocenters. The van der Waals surface area contributed by atoms with Crippen LogP contribution < -0.4 is 20.1 Å². The molecule has 6 heteroatoms. The van der Waals surface area contributed by atoms with Crippen LogP contribution in [0.5, 0.6) is 11.5 Å². The highest BCUT2D eigenvalue weighted by molar-refractivity contribution is 7.80. The molecule has 0 fully saturated rings. The summed E-state index contributed by atoms with van der Waals surface area (Å²) in [6.07, 6.45) is 0. The monoisotopic (exact) mass is 322 g/mol. The standard InChI is InChI=1S/C15H15ClN2O2S/c1-19-12-6-7-14(20-2)13(9-12)18-15(21)17-11-5-3-4-10(16)8-11/h3-9H,1-2H3,(H2,17,18,21). The lowest BCUT2D eigenvalue weighted by Gasteiger charge is -2.14. The van der Waals surface area contributed by atoms with E-state index in [0.717, 1.165) is 11.4 Å². The van der Waals surface area contributed by atoms with E-state index in [4.69, 9.17) is 33.3 Å². The summed E-state index contributed by atoms with van der Waals surface area (Å²) in [5.74, 6) is 1.38. The van der Waals surface area contributed by atoms with Crippen molar-refractivity contribution in [1.82, 2.24) is 0 Å². The molecule has 0 atom stereocenters. The Kier molecular flexibility index (Phi) is 5.25. The number of ether oxygens (including phenoxy) is 2. The molecule has 21 heavy (non-hydrogen) atoms. The molecular formula is C15H15ClN2O2S. The molecule has 0 amide bonds. The number of thiocarbonyl (C=S) groups is 1. The van der Waals surface area contributed by atoms with Crippen LogP contribution in [0.3, 0.4) is 0 Å². The Balaban J connectivity index is 2.12. The zero-order valence-corrected chi connectivity index (χ0v) is 13.2. The second kappa shape index (κ2) is 7.15. The van der Waals surface area contributed by atoms with Gasteiger partial charge >= 0.3 is 0 Å². The quantitative estimate of drug-likeness (QED) is 0.827. The summed E-state index contributed by atoms with van der Waals surface area (Å²) < 4.78 is 10.5. The highest BCUT2D eigenvalue weighted by Gasteiger charge is 2.07. The van der Waals surface area contributed by atoms with Gasteiger partial charge in [0.15, 0.2) is 5.11 Å². The van der Waals surface area contributed by atoms with Gasteiger partial charge in [-0.3, -0.25) is 0 Å². The highest BCUT2D eigenvalue weighted by atomic mass is 35.5. The number of methoxy groups -OCH3 is 2. The maximum Gasteiger partial charge on any atom is 0.175 e. The van der Waals surface area contributed by atoms with Crippen LogP contribution in [-0.2, 0) is 0 Å². The van der Waals surface area contributed by atoms with Crippen molar-refractivity contribution in [1.29, 1.82) is 0 Å². The average Bonchev–Trinajstić information content (AvgIpc) is 2.47. The first-order chi connectivity index (χ1) is 10.1. The molecule has 0 spiro atoms. The smallest absolute Gasteiger partial charge is 0.175 e. The van der Waals surface area contributed by atoms with E-state index in [1.807, 2.05) is 30.3 Å². The van der Waals surface area contributed by atoms with Gasteiger partial charge < -0.3 is 20.1 Å². The van der Waals surface area contributed by atoms with Crippen LogP contribution in [0.15, 0.2) is 42.5 Å². The van der Waals surface area contributed by atoms with Gasteiger partial charge in [0.25, 0.3) is 0 Å². The number of hydrogen-bond acceptors (Lipinski definition) is 3. The predicted octanol–water partition coefficient (Wildman–Crippen LogP) is 4.17. The van der Waals surface area contributed by atoms with E-state index in [9.17, 15) is 0 Å². The molecule has 0 aliphatic carbocycles. The van der Waals surface area contributed by atoms with Crippen LogP contribution in [0.2, 0.25) is 5.02 Å². The minimum Gasteiger partial charge on any atom is -0.497 e. The number of nitrogens with one attached hydrogen (secondary N) is 2. The number of anilines is 2. The predicted molar refractivity (Wildman–Crippen MR) is 90.8 cm³/mol. The van der Waals surface area contributed by atoms with E-state index in [-0.39, 0.29) is 0 Å². The minimum atomic E-state index is 0.434. The molecule has 0 heterocycles. The summed E-state index contributed by atoms with van der Waals surface area (Å²) in [6.45, 7) is 0. The van der Waals surface area contributed by atoms with Crippen molar-refractivity contribution in [3.63, 3.8) is 0 Å². The Morgan fingerprint density at radius 3 is 2.52 bits per heavy atom. The van der Waals surface area contributed by atoms with Crippen molar-refractivity contribution in [2.75, 3.05) is 24.9 Å². The van der Waals surface area contributed by atoms with Gasteiger partial charge in [0, 0.05) is 16.8 Å². The first-order valence-corrected chi connectivity index (χ1v) is 6.96. The molecule has 2 N–H and O–H groups in total. The van der Waals surface area contributed by atoms with E-state index >= 15 is 0 Å². The van der Waals surface area contributed by atoms with E-state index in [1.165, 1.54) is 0 Å². The Hall–Kier alpha value is -1.98. The molecule has 0 saturated heterocycles. The summed E-state index contributed by atoms with van der Waals surface area (Å²) >= 11 is 11.2. The lowest BCUT2D eigenvalue weighted by atomic mass is 10.2. The lowest BCUT2D eigenvalue weighted by Crippen LogP contribution is -2.19. The fourth-order valence-electron chi connectivity index (χ4n) is 1.76. The minimum absolute atomic E-state index is 0.434. The topological polar surface area (TPSA) is 42.5 Å². The molecule has 2 aromatic rings. The second-order valence-corrected chi connectivity index (χ2v) is 5.00. The lowest BCUT2D eigenvalue weighted by molar-refractivity contribution is 0.405. The van der Waals surface area contributed by atoms with Crippen molar-refractivity contribution < 1.29 is 9.47 Å². The first-order valence-electron chi connectivity index (χ1n) is 6.18. The van der Waals surface area contributed by atoms with Crippen molar-refractivity contribution in [2.24, 2.45) is 0 Å². The molecular weight excluding hydrogens is 308 g/mol. The van der Waals surface area contributed by atoms with Gasteiger partial charge in [0.2, 0.25) is 0 Å². The van der Waals surface area contributed by atoms with Crippen LogP contribution in [0, 0.1) is 0 Å². The zero-order valence-electron chi connectivity index (χ0n) is 11.6. The van der Waals surface area contributed by atoms with Crippen molar-refractivity contribution in [3.05, 3.63) is 47.5 Å². The summed E-state index contributed by atoms with van der Waals surface area (Å²) in [6, 6.07) is 12.8. The summed E-state index contributed by atoms with van der Waals surface area (Å²) in [5, 5.41) is 7.21. The normalized spacial score (nSPS) is 9.86. The van der Waals surface area contributed by atoms with Gasteiger partial charge in [0.05, 0.1) is 19.9 Å². The fourth-order valence-corrected chi connectivity index (χ4v) is 2.18. The molecule has 4 nitrogen and oxygen atoms in total. The SMILES string of the molecule is COc1ccc(OC)c(NC(=S)Nc2cccc(Cl)c2)c1. The Labute approximate surface area is 134 Å². The van der Waals surface area contributed by atoms with E-state index in [1.54, 1.807) is 26.4 Å². The van der Waals surface area contributed by atoms with Crippen LogP contribution in [0.4, 0.5) is 11.4 Å². The Morgan fingerprint density at radius 1 is 1.05 bits per heavy atom. The molecule has 0 aliphatic heterocycles. The van der Waals surface area contributed by atoms with E-state index in [2.05, 4.69) is 10.6 Å². The second-order valence-electron chi connectivity index (χ2n) is 4.16. The summed E-state index contributed by atoms with van der Waals surface area (Å²) in [7, 11) is 3.20. The first kappa shape index (κ1) is 15.4. The van der Waals surface area contributed by atoms with Gasteiger partial charge in [-0.15, -0.1) is 0 Å². The van der Waals surface area contributed by atoms with Crippen LogP contribution in [-0.4, -0.2) is 19.3 Å². The molecule has 2 aromatic carbocycles.